The number of aromatic amines is 1. The predicted octanol–water partition coefficient (Wildman–Crippen LogP) is 2.56. The van der Waals surface area contributed by atoms with Crippen molar-refractivity contribution in [3.8, 4) is 0 Å². The Kier molecular flexibility index (Phi) is 6.52. The van der Waals surface area contributed by atoms with Crippen molar-refractivity contribution in [2.75, 3.05) is 26.7 Å². The third-order valence-corrected chi connectivity index (χ3v) is 5.59. The van der Waals surface area contributed by atoms with E-state index in [9.17, 15) is 9.90 Å². The molecule has 3 rings (SSSR count). The number of carbonyl (C=O) groups excluding carboxylic acids is 1. The van der Waals surface area contributed by atoms with Crippen LogP contribution in [0.15, 0.2) is 36.7 Å². The first-order valence-electron chi connectivity index (χ1n) is 10.1. The fourth-order valence-corrected chi connectivity index (χ4v) is 3.85. The number of hydrogen-bond acceptors (Lipinski definition) is 4. The van der Waals surface area contributed by atoms with Crippen molar-refractivity contribution >= 4 is 5.91 Å². The van der Waals surface area contributed by atoms with E-state index in [1.165, 1.54) is 5.56 Å². The van der Waals surface area contributed by atoms with E-state index in [0.717, 1.165) is 30.5 Å². The molecule has 1 aliphatic heterocycles. The smallest absolute Gasteiger partial charge is 0.256 e. The standard InChI is InChI=1S/C22H32N4O2/c1-17(2)20-7-5-18(6-8-20)15-26-11-4-10-22(28,21(26)27)16-25(3)12-9-19-13-23-24-14-19/h5-8,13-14,17,28H,4,9-12,15-16H2,1-3H3,(H,23,24)/t22-/m0/s1. The maximum Gasteiger partial charge on any atom is 0.256 e. The molecule has 2 N–H and O–H groups in total. The number of piperidine rings is 1. The second-order valence-corrected chi connectivity index (χ2v) is 8.35. The highest BCUT2D eigenvalue weighted by Crippen LogP contribution is 2.25. The molecule has 1 aromatic carbocycles. The van der Waals surface area contributed by atoms with Gasteiger partial charge in [0.15, 0.2) is 5.60 Å². The summed E-state index contributed by atoms with van der Waals surface area (Å²) in [6, 6.07) is 8.44. The molecule has 0 saturated carbocycles. The van der Waals surface area contributed by atoms with Gasteiger partial charge in [0.2, 0.25) is 0 Å². The Bertz CT molecular complexity index is 757. The summed E-state index contributed by atoms with van der Waals surface area (Å²) in [5.41, 5.74) is 2.22. The van der Waals surface area contributed by atoms with Gasteiger partial charge in [-0.2, -0.15) is 5.10 Å². The number of rotatable bonds is 8. The van der Waals surface area contributed by atoms with E-state index < -0.39 is 5.60 Å². The number of amides is 1. The summed E-state index contributed by atoms with van der Waals surface area (Å²) in [4.78, 5) is 16.9. The first-order chi connectivity index (χ1) is 13.4. The molecule has 28 heavy (non-hydrogen) atoms. The van der Waals surface area contributed by atoms with Crippen LogP contribution < -0.4 is 0 Å². The van der Waals surface area contributed by atoms with Gasteiger partial charge in [0.05, 0.1) is 6.20 Å². The molecular weight excluding hydrogens is 352 g/mol. The molecule has 0 bridgehead atoms. The molecule has 0 radical (unpaired) electrons. The van der Waals surface area contributed by atoms with Gasteiger partial charge in [0.1, 0.15) is 0 Å². The zero-order valence-corrected chi connectivity index (χ0v) is 17.2. The van der Waals surface area contributed by atoms with Crippen molar-refractivity contribution in [1.82, 2.24) is 20.0 Å². The number of carbonyl (C=O) groups is 1. The Hall–Kier alpha value is -2.18. The molecule has 0 unspecified atom stereocenters. The number of nitrogens with one attached hydrogen (secondary N) is 1. The summed E-state index contributed by atoms with van der Waals surface area (Å²) >= 11 is 0. The molecule has 6 heteroatoms. The monoisotopic (exact) mass is 384 g/mol. The molecule has 6 nitrogen and oxygen atoms in total. The van der Waals surface area contributed by atoms with Crippen molar-refractivity contribution in [3.05, 3.63) is 53.3 Å². The van der Waals surface area contributed by atoms with Gasteiger partial charge in [-0.3, -0.25) is 9.89 Å². The third-order valence-electron chi connectivity index (χ3n) is 5.59. The summed E-state index contributed by atoms with van der Waals surface area (Å²) in [5.74, 6) is 0.343. The Balaban J connectivity index is 1.58. The highest BCUT2D eigenvalue weighted by atomic mass is 16.3. The van der Waals surface area contributed by atoms with Crippen molar-refractivity contribution in [2.24, 2.45) is 0 Å². The molecule has 0 spiro atoms. The third kappa shape index (κ3) is 5.00. The minimum Gasteiger partial charge on any atom is -0.379 e. The molecule has 152 valence electrons. The lowest BCUT2D eigenvalue weighted by Crippen LogP contribution is -2.58. The lowest BCUT2D eigenvalue weighted by Gasteiger charge is -2.40. The largest absolute Gasteiger partial charge is 0.379 e. The Morgan fingerprint density at radius 1 is 1.29 bits per heavy atom. The van der Waals surface area contributed by atoms with Gasteiger partial charge in [-0.15, -0.1) is 0 Å². The topological polar surface area (TPSA) is 72.5 Å². The van der Waals surface area contributed by atoms with Gasteiger partial charge >= 0.3 is 0 Å². The number of likely N-dealkylation sites (N-methyl/N-ethyl adjacent to an activating group) is 1. The highest BCUT2D eigenvalue weighted by molar-refractivity contribution is 5.86. The van der Waals surface area contributed by atoms with Crippen LogP contribution >= 0.6 is 0 Å². The summed E-state index contributed by atoms with van der Waals surface area (Å²) in [5, 5.41) is 17.8. The number of nitrogens with zero attached hydrogens (tertiary/aromatic N) is 3. The number of H-pyrrole nitrogens is 1. The first-order valence-corrected chi connectivity index (χ1v) is 10.1. The molecular formula is C22H32N4O2. The Labute approximate surface area is 167 Å². The number of aromatic nitrogens is 2. The summed E-state index contributed by atoms with van der Waals surface area (Å²) < 4.78 is 0. The maximum absolute atomic E-state index is 13.0. The van der Waals surface area contributed by atoms with Gasteiger partial charge < -0.3 is 14.9 Å². The molecule has 2 aromatic rings. The number of hydrogen-bond donors (Lipinski definition) is 2. The maximum atomic E-state index is 13.0. The number of likely N-dealkylation sites (tertiary alicyclic amines) is 1. The molecule has 1 amide bonds. The SMILES string of the molecule is CC(C)c1ccc(CN2CCC[C@](O)(CN(C)CCc3cn[nH]c3)C2=O)cc1. The summed E-state index contributed by atoms with van der Waals surface area (Å²) in [6.07, 6.45) is 5.86. The van der Waals surface area contributed by atoms with Crippen LogP contribution in [0.2, 0.25) is 0 Å². The van der Waals surface area contributed by atoms with Crippen LogP contribution in [0.5, 0.6) is 0 Å². The van der Waals surface area contributed by atoms with E-state index in [1.54, 1.807) is 11.1 Å². The van der Waals surface area contributed by atoms with Crippen LogP contribution in [-0.4, -0.2) is 63.3 Å². The van der Waals surface area contributed by atoms with E-state index in [0.29, 0.717) is 32.0 Å². The van der Waals surface area contributed by atoms with Crippen LogP contribution in [0.3, 0.4) is 0 Å². The van der Waals surface area contributed by atoms with E-state index in [1.807, 2.05) is 18.1 Å². The average molecular weight is 385 g/mol. The summed E-state index contributed by atoms with van der Waals surface area (Å²) in [6.45, 7) is 6.72. The molecule has 1 atom stereocenters. The fraction of sp³-hybridized carbons (Fsp3) is 0.545. The van der Waals surface area contributed by atoms with Crippen LogP contribution in [-0.2, 0) is 17.8 Å². The second kappa shape index (κ2) is 8.88. The Morgan fingerprint density at radius 3 is 2.68 bits per heavy atom. The van der Waals surface area contributed by atoms with Crippen LogP contribution in [0.25, 0.3) is 0 Å². The zero-order valence-electron chi connectivity index (χ0n) is 17.2. The van der Waals surface area contributed by atoms with Crippen molar-refractivity contribution in [1.29, 1.82) is 0 Å². The van der Waals surface area contributed by atoms with Crippen LogP contribution in [0.4, 0.5) is 0 Å². The van der Waals surface area contributed by atoms with Crippen molar-refractivity contribution in [3.63, 3.8) is 0 Å². The normalized spacial score (nSPS) is 20.4. The number of aliphatic hydroxyl groups is 1. The van der Waals surface area contributed by atoms with E-state index in [4.69, 9.17) is 0 Å². The van der Waals surface area contributed by atoms with Crippen LogP contribution in [0.1, 0.15) is 49.3 Å². The van der Waals surface area contributed by atoms with Crippen LogP contribution in [0, 0.1) is 0 Å². The first kappa shape index (κ1) is 20.6. The van der Waals surface area contributed by atoms with Gasteiger partial charge in [-0.05, 0) is 48.9 Å². The van der Waals surface area contributed by atoms with E-state index in [-0.39, 0.29) is 5.91 Å². The van der Waals surface area contributed by atoms with Gasteiger partial charge in [-0.25, -0.2) is 0 Å². The molecule has 2 heterocycles. The van der Waals surface area contributed by atoms with E-state index >= 15 is 0 Å². The fourth-order valence-electron chi connectivity index (χ4n) is 3.85. The minimum absolute atomic E-state index is 0.151. The predicted molar refractivity (Wildman–Crippen MR) is 110 cm³/mol. The van der Waals surface area contributed by atoms with Crippen molar-refractivity contribution in [2.45, 2.75) is 51.2 Å². The highest BCUT2D eigenvalue weighted by Gasteiger charge is 2.42. The summed E-state index contributed by atoms with van der Waals surface area (Å²) in [7, 11) is 1.95. The van der Waals surface area contributed by atoms with Gasteiger partial charge in [-0.1, -0.05) is 38.1 Å². The zero-order chi connectivity index (χ0) is 20.1. The van der Waals surface area contributed by atoms with Gasteiger partial charge in [0.25, 0.3) is 5.91 Å². The lowest BCUT2D eigenvalue weighted by molar-refractivity contribution is -0.159. The molecule has 1 saturated heterocycles. The molecule has 1 aromatic heterocycles. The van der Waals surface area contributed by atoms with Crippen molar-refractivity contribution < 1.29 is 9.90 Å². The molecule has 1 fully saturated rings. The lowest BCUT2D eigenvalue weighted by atomic mass is 9.90. The second-order valence-electron chi connectivity index (χ2n) is 8.35. The Morgan fingerprint density at radius 2 is 2.04 bits per heavy atom. The quantitative estimate of drug-likeness (QED) is 0.734. The average Bonchev–Trinajstić information content (AvgIpc) is 3.18. The van der Waals surface area contributed by atoms with Gasteiger partial charge in [0, 0.05) is 32.4 Å². The van der Waals surface area contributed by atoms with E-state index in [2.05, 4.69) is 48.3 Å². The minimum atomic E-state index is -1.30. The molecule has 0 aliphatic carbocycles. The molecule has 1 aliphatic rings. The number of benzene rings is 1.